The summed E-state index contributed by atoms with van der Waals surface area (Å²) in [5.74, 6) is 1.04. The Labute approximate surface area is 210 Å². The van der Waals surface area contributed by atoms with Gasteiger partial charge in [-0.25, -0.2) is 4.98 Å². The van der Waals surface area contributed by atoms with Gasteiger partial charge < -0.3 is 4.98 Å². The molecule has 0 spiro atoms. The predicted molar refractivity (Wildman–Crippen MR) is 144 cm³/mol. The van der Waals surface area contributed by atoms with Crippen molar-refractivity contribution in [2.75, 3.05) is 5.75 Å². The van der Waals surface area contributed by atoms with Gasteiger partial charge in [-0.3, -0.25) is 9.67 Å². The molecule has 5 aromatic rings. The van der Waals surface area contributed by atoms with Gasteiger partial charge in [0.1, 0.15) is 0 Å². The number of hydrogen-bond donors (Lipinski definition) is 1. The molecule has 1 N–H and O–H groups in total. The maximum absolute atomic E-state index is 4.95. The summed E-state index contributed by atoms with van der Waals surface area (Å²) in [5, 5.41) is 5.75. The van der Waals surface area contributed by atoms with Crippen LogP contribution >= 0.6 is 11.8 Å². The van der Waals surface area contributed by atoms with Crippen molar-refractivity contribution in [3.05, 3.63) is 97.0 Å². The molecule has 5 nitrogen and oxygen atoms in total. The summed E-state index contributed by atoms with van der Waals surface area (Å²) in [7, 11) is 0. The van der Waals surface area contributed by atoms with Crippen LogP contribution in [0.5, 0.6) is 0 Å². The van der Waals surface area contributed by atoms with E-state index < -0.39 is 0 Å². The van der Waals surface area contributed by atoms with E-state index in [2.05, 4.69) is 82.2 Å². The molecular weight excluding hydrogens is 450 g/mol. The smallest absolute Gasteiger partial charge is 0.166 e. The molecule has 5 rings (SSSR count). The van der Waals surface area contributed by atoms with Crippen molar-refractivity contribution in [3.63, 3.8) is 0 Å². The SMILES string of the molecule is Cc1cc(-c2cccnc2)nn1CCCCCSc1nc(-c2ccccc2)c(-c2ccccc2)[nH]1. The average molecular weight is 480 g/mol. The van der Waals surface area contributed by atoms with Gasteiger partial charge in [0.25, 0.3) is 0 Å². The molecule has 176 valence electrons. The summed E-state index contributed by atoms with van der Waals surface area (Å²) < 4.78 is 2.11. The van der Waals surface area contributed by atoms with E-state index in [0.717, 1.165) is 70.5 Å². The molecule has 0 saturated carbocycles. The van der Waals surface area contributed by atoms with Crippen LogP contribution in [-0.2, 0) is 6.54 Å². The summed E-state index contributed by atoms with van der Waals surface area (Å²) in [5.41, 5.74) is 7.63. The fourth-order valence-corrected chi connectivity index (χ4v) is 5.01. The molecule has 3 aromatic heterocycles. The van der Waals surface area contributed by atoms with Crippen molar-refractivity contribution in [2.45, 2.75) is 37.9 Å². The minimum absolute atomic E-state index is 0.938. The van der Waals surface area contributed by atoms with E-state index in [1.807, 2.05) is 24.4 Å². The second kappa shape index (κ2) is 11.2. The number of pyridine rings is 1. The van der Waals surface area contributed by atoms with Crippen molar-refractivity contribution < 1.29 is 0 Å². The standard InChI is InChI=1S/C29H29N5S/c1-22-20-26(25-16-11-17-30-21-25)33-34(22)18-9-4-10-19-35-29-31-27(23-12-5-2-6-13-23)28(32-29)24-14-7-3-8-15-24/h2-3,5-8,11-17,20-21H,4,9-10,18-19H2,1H3,(H,31,32). The number of rotatable bonds is 10. The maximum Gasteiger partial charge on any atom is 0.166 e. The van der Waals surface area contributed by atoms with Crippen LogP contribution < -0.4 is 0 Å². The van der Waals surface area contributed by atoms with Crippen LogP contribution in [0.1, 0.15) is 25.0 Å². The number of nitrogens with one attached hydrogen (secondary N) is 1. The maximum atomic E-state index is 4.95. The van der Waals surface area contributed by atoms with Gasteiger partial charge >= 0.3 is 0 Å². The van der Waals surface area contributed by atoms with Gasteiger partial charge in [-0.05, 0) is 38.0 Å². The number of H-pyrrole nitrogens is 1. The minimum atomic E-state index is 0.938. The molecule has 2 aromatic carbocycles. The monoisotopic (exact) mass is 479 g/mol. The quantitative estimate of drug-likeness (QED) is 0.169. The molecule has 0 bridgehead atoms. The third-order valence-electron chi connectivity index (χ3n) is 5.98. The Balaban J connectivity index is 1.16. The zero-order chi connectivity index (χ0) is 23.9. The Bertz CT molecular complexity index is 1290. The fraction of sp³-hybridized carbons (Fsp3) is 0.207. The summed E-state index contributed by atoms with van der Waals surface area (Å²) >= 11 is 1.80. The first-order chi connectivity index (χ1) is 17.3. The van der Waals surface area contributed by atoms with Crippen LogP contribution in [0.15, 0.2) is 96.4 Å². The van der Waals surface area contributed by atoms with Crippen LogP contribution in [0.2, 0.25) is 0 Å². The van der Waals surface area contributed by atoms with E-state index in [1.165, 1.54) is 5.69 Å². The van der Waals surface area contributed by atoms with Gasteiger partial charge in [0.05, 0.1) is 17.1 Å². The number of aromatic nitrogens is 5. The van der Waals surface area contributed by atoms with E-state index in [0.29, 0.717) is 0 Å². The number of unbranched alkanes of at least 4 members (excludes halogenated alkanes) is 2. The Morgan fingerprint density at radius 2 is 1.57 bits per heavy atom. The molecule has 3 heterocycles. The number of nitrogens with zero attached hydrogens (tertiary/aromatic N) is 4. The first-order valence-corrected chi connectivity index (χ1v) is 13.0. The molecule has 35 heavy (non-hydrogen) atoms. The number of thioether (sulfide) groups is 1. The van der Waals surface area contributed by atoms with E-state index >= 15 is 0 Å². The molecule has 0 aliphatic heterocycles. The first kappa shape index (κ1) is 23.1. The van der Waals surface area contributed by atoms with Crippen LogP contribution in [0.4, 0.5) is 0 Å². The number of imidazole rings is 1. The lowest BCUT2D eigenvalue weighted by Crippen LogP contribution is -2.02. The highest BCUT2D eigenvalue weighted by molar-refractivity contribution is 7.99. The number of benzene rings is 2. The molecule has 0 atom stereocenters. The van der Waals surface area contributed by atoms with Crippen molar-refractivity contribution in [1.29, 1.82) is 0 Å². The van der Waals surface area contributed by atoms with Crippen LogP contribution in [0, 0.1) is 6.92 Å². The van der Waals surface area contributed by atoms with Crippen LogP contribution in [0.3, 0.4) is 0 Å². The average Bonchev–Trinajstić information content (AvgIpc) is 3.51. The molecule has 0 aliphatic rings. The van der Waals surface area contributed by atoms with E-state index in [9.17, 15) is 0 Å². The summed E-state index contributed by atoms with van der Waals surface area (Å²) in [6.45, 7) is 3.06. The molecule has 0 fully saturated rings. The minimum Gasteiger partial charge on any atom is -0.332 e. The van der Waals surface area contributed by atoms with Gasteiger partial charge in [0.2, 0.25) is 0 Å². The first-order valence-electron chi connectivity index (χ1n) is 12.1. The Morgan fingerprint density at radius 1 is 0.829 bits per heavy atom. The number of hydrogen-bond acceptors (Lipinski definition) is 4. The zero-order valence-corrected chi connectivity index (χ0v) is 20.7. The molecular formula is C29H29N5S. The fourth-order valence-electron chi connectivity index (χ4n) is 4.14. The van der Waals surface area contributed by atoms with Gasteiger partial charge in [0.15, 0.2) is 5.16 Å². The zero-order valence-electron chi connectivity index (χ0n) is 19.9. The second-order valence-corrected chi connectivity index (χ2v) is 9.63. The van der Waals surface area contributed by atoms with Crippen LogP contribution in [0.25, 0.3) is 33.8 Å². The lowest BCUT2D eigenvalue weighted by Gasteiger charge is -2.04. The predicted octanol–water partition coefficient (Wildman–Crippen LogP) is 7.27. The highest BCUT2D eigenvalue weighted by Gasteiger charge is 2.14. The summed E-state index contributed by atoms with van der Waals surface area (Å²) in [4.78, 5) is 12.7. The number of aryl methyl sites for hydroxylation is 2. The Hall–Kier alpha value is -3.64. The van der Waals surface area contributed by atoms with E-state index in [1.54, 1.807) is 18.0 Å². The Kier molecular flexibility index (Phi) is 7.39. The molecule has 0 unspecified atom stereocenters. The lowest BCUT2D eigenvalue weighted by atomic mass is 10.1. The second-order valence-electron chi connectivity index (χ2n) is 8.54. The van der Waals surface area contributed by atoms with Crippen molar-refractivity contribution >= 4 is 11.8 Å². The van der Waals surface area contributed by atoms with Gasteiger partial charge in [-0.1, -0.05) is 78.8 Å². The van der Waals surface area contributed by atoms with Gasteiger partial charge in [-0.15, -0.1) is 0 Å². The molecule has 0 amide bonds. The van der Waals surface area contributed by atoms with Crippen molar-refractivity contribution in [3.8, 4) is 33.8 Å². The largest absolute Gasteiger partial charge is 0.332 e. The van der Waals surface area contributed by atoms with Crippen molar-refractivity contribution in [1.82, 2.24) is 24.7 Å². The Morgan fingerprint density at radius 3 is 2.31 bits per heavy atom. The van der Waals surface area contributed by atoms with Gasteiger partial charge in [-0.2, -0.15) is 5.10 Å². The molecule has 0 aliphatic carbocycles. The van der Waals surface area contributed by atoms with E-state index in [-0.39, 0.29) is 0 Å². The highest BCUT2D eigenvalue weighted by Crippen LogP contribution is 2.32. The molecule has 0 saturated heterocycles. The lowest BCUT2D eigenvalue weighted by molar-refractivity contribution is 0.544. The third kappa shape index (κ3) is 5.72. The van der Waals surface area contributed by atoms with Gasteiger partial charge in [0, 0.05) is 47.1 Å². The normalized spacial score (nSPS) is 11.1. The summed E-state index contributed by atoms with van der Waals surface area (Å²) in [6, 6.07) is 27.0. The molecule has 6 heteroatoms. The summed E-state index contributed by atoms with van der Waals surface area (Å²) in [6.07, 6.45) is 7.07. The van der Waals surface area contributed by atoms with E-state index in [4.69, 9.17) is 10.1 Å². The topological polar surface area (TPSA) is 59.4 Å². The highest BCUT2D eigenvalue weighted by atomic mass is 32.2. The number of aromatic amines is 1. The third-order valence-corrected chi connectivity index (χ3v) is 6.94. The van der Waals surface area contributed by atoms with Crippen molar-refractivity contribution in [2.24, 2.45) is 0 Å². The molecule has 0 radical (unpaired) electrons. The van der Waals surface area contributed by atoms with Crippen LogP contribution in [-0.4, -0.2) is 30.5 Å².